The molecule has 118 valence electrons. The molecule has 2 rings (SSSR count). The number of rotatable bonds is 7. The Morgan fingerprint density at radius 3 is 2.62 bits per heavy atom. The number of aromatic nitrogens is 2. The van der Waals surface area contributed by atoms with Crippen molar-refractivity contribution in [1.29, 1.82) is 0 Å². The number of nitrogens with one attached hydrogen (secondary N) is 1. The summed E-state index contributed by atoms with van der Waals surface area (Å²) in [4.78, 5) is 12.5. The fraction of sp³-hybridized carbons (Fsp3) is 0.714. The summed E-state index contributed by atoms with van der Waals surface area (Å²) < 4.78 is 2.00. The number of aliphatic hydroxyl groups excluding tert-OH is 2. The van der Waals surface area contributed by atoms with Crippen LogP contribution in [0.3, 0.4) is 0 Å². The average molecular weight is 360 g/mol. The summed E-state index contributed by atoms with van der Waals surface area (Å²) >= 11 is 3.32. The molecule has 1 aromatic heterocycles. The van der Waals surface area contributed by atoms with Crippen LogP contribution in [0.5, 0.6) is 0 Å². The van der Waals surface area contributed by atoms with Gasteiger partial charge in [-0.3, -0.25) is 4.79 Å². The zero-order chi connectivity index (χ0) is 15.5. The van der Waals surface area contributed by atoms with Crippen LogP contribution in [-0.4, -0.2) is 38.7 Å². The van der Waals surface area contributed by atoms with E-state index < -0.39 is 5.54 Å². The van der Waals surface area contributed by atoms with Crippen molar-refractivity contribution in [3.8, 4) is 0 Å². The third-order valence-corrected chi connectivity index (χ3v) is 4.93. The van der Waals surface area contributed by atoms with Crippen molar-refractivity contribution in [2.24, 2.45) is 5.92 Å². The van der Waals surface area contributed by atoms with E-state index in [2.05, 4.69) is 26.3 Å². The highest BCUT2D eigenvalue weighted by molar-refractivity contribution is 9.10. The van der Waals surface area contributed by atoms with Gasteiger partial charge in [-0.15, -0.1) is 0 Å². The first kappa shape index (κ1) is 16.5. The molecule has 0 unspecified atom stereocenters. The number of aliphatic hydroxyl groups is 2. The van der Waals surface area contributed by atoms with Gasteiger partial charge in [0.25, 0.3) is 5.56 Å². The maximum atomic E-state index is 12.5. The van der Waals surface area contributed by atoms with Gasteiger partial charge in [-0.05, 0) is 41.1 Å². The van der Waals surface area contributed by atoms with E-state index in [1.54, 1.807) is 6.20 Å². The van der Waals surface area contributed by atoms with E-state index in [1.807, 2.05) is 6.92 Å². The Labute approximate surface area is 132 Å². The molecule has 0 bridgehead atoms. The minimum absolute atomic E-state index is 0.226. The van der Waals surface area contributed by atoms with Gasteiger partial charge in [0.1, 0.15) is 5.69 Å². The molecule has 7 heteroatoms. The van der Waals surface area contributed by atoms with E-state index in [4.69, 9.17) is 0 Å². The maximum absolute atomic E-state index is 12.5. The lowest BCUT2D eigenvalue weighted by molar-refractivity contribution is 0.132. The van der Waals surface area contributed by atoms with Gasteiger partial charge in [0.05, 0.1) is 29.4 Å². The molecule has 21 heavy (non-hydrogen) atoms. The lowest BCUT2D eigenvalue weighted by Gasteiger charge is -2.31. The Bertz CT molecular complexity index is 530. The van der Waals surface area contributed by atoms with Crippen LogP contribution in [-0.2, 0) is 6.54 Å². The van der Waals surface area contributed by atoms with Crippen molar-refractivity contribution in [3.63, 3.8) is 0 Å². The lowest BCUT2D eigenvalue weighted by Crippen LogP contribution is -2.47. The van der Waals surface area contributed by atoms with E-state index in [9.17, 15) is 15.0 Å². The monoisotopic (exact) mass is 359 g/mol. The first-order valence-corrected chi connectivity index (χ1v) is 8.10. The van der Waals surface area contributed by atoms with Gasteiger partial charge < -0.3 is 15.5 Å². The zero-order valence-corrected chi connectivity index (χ0v) is 13.8. The predicted octanol–water partition coefficient (Wildman–Crippen LogP) is 1.35. The molecule has 0 saturated heterocycles. The van der Waals surface area contributed by atoms with Crippen molar-refractivity contribution < 1.29 is 10.2 Å². The third-order valence-electron chi connectivity index (χ3n) is 4.33. The normalized spacial score (nSPS) is 15.8. The van der Waals surface area contributed by atoms with E-state index in [0.29, 0.717) is 29.0 Å². The molecule has 0 aliphatic heterocycles. The largest absolute Gasteiger partial charge is 0.394 e. The van der Waals surface area contributed by atoms with Gasteiger partial charge in [0, 0.05) is 6.54 Å². The Morgan fingerprint density at radius 2 is 2.14 bits per heavy atom. The summed E-state index contributed by atoms with van der Waals surface area (Å²) in [5, 5.41) is 26.2. The standard InChI is InChI=1S/C14H22BrN3O3/c1-2-14(8-19,9-20)17-12-11(15)6-16-18(13(12)21)7-10-4-3-5-10/h6,10,17,19-20H,2-5,7-9H2,1H3. The molecular weight excluding hydrogens is 338 g/mol. The molecule has 1 saturated carbocycles. The molecule has 1 aromatic rings. The van der Waals surface area contributed by atoms with Crippen LogP contribution in [0, 0.1) is 5.92 Å². The quantitative estimate of drug-likeness (QED) is 0.683. The second kappa shape index (κ2) is 6.89. The van der Waals surface area contributed by atoms with E-state index in [0.717, 1.165) is 12.8 Å². The first-order valence-electron chi connectivity index (χ1n) is 7.30. The van der Waals surface area contributed by atoms with Crippen molar-refractivity contribution in [3.05, 3.63) is 21.0 Å². The minimum Gasteiger partial charge on any atom is -0.394 e. The van der Waals surface area contributed by atoms with E-state index in [1.165, 1.54) is 11.1 Å². The molecule has 6 nitrogen and oxygen atoms in total. The zero-order valence-electron chi connectivity index (χ0n) is 12.2. The van der Waals surface area contributed by atoms with E-state index >= 15 is 0 Å². The molecular formula is C14H22BrN3O3. The number of hydrogen-bond acceptors (Lipinski definition) is 5. The topological polar surface area (TPSA) is 87.4 Å². The van der Waals surface area contributed by atoms with Crippen molar-refractivity contribution in [1.82, 2.24) is 9.78 Å². The van der Waals surface area contributed by atoms with Crippen LogP contribution in [0.4, 0.5) is 5.69 Å². The van der Waals surface area contributed by atoms with Crippen molar-refractivity contribution >= 4 is 21.6 Å². The Hall–Kier alpha value is -0.920. The summed E-state index contributed by atoms with van der Waals surface area (Å²) in [5.41, 5.74) is -0.789. The fourth-order valence-corrected chi connectivity index (χ4v) is 2.70. The Balaban J connectivity index is 2.29. The van der Waals surface area contributed by atoms with Crippen LogP contribution in [0.25, 0.3) is 0 Å². The summed E-state index contributed by atoms with van der Waals surface area (Å²) in [6, 6.07) is 0. The highest BCUT2D eigenvalue weighted by atomic mass is 79.9. The predicted molar refractivity (Wildman–Crippen MR) is 84.4 cm³/mol. The highest BCUT2D eigenvalue weighted by Gasteiger charge is 2.29. The maximum Gasteiger partial charge on any atom is 0.291 e. The molecule has 0 amide bonds. The van der Waals surface area contributed by atoms with Crippen molar-refractivity contribution in [2.45, 2.75) is 44.7 Å². The number of nitrogens with zero attached hydrogens (tertiary/aromatic N) is 2. The molecule has 0 spiro atoms. The highest BCUT2D eigenvalue weighted by Crippen LogP contribution is 2.28. The summed E-state index contributed by atoms with van der Waals surface area (Å²) in [6.45, 7) is 1.97. The average Bonchev–Trinajstić information content (AvgIpc) is 2.46. The van der Waals surface area contributed by atoms with Gasteiger partial charge in [-0.2, -0.15) is 5.10 Å². The van der Waals surface area contributed by atoms with Crippen LogP contribution in [0.1, 0.15) is 32.6 Å². The molecule has 0 radical (unpaired) electrons. The number of halogens is 1. The van der Waals surface area contributed by atoms with Gasteiger partial charge in [0.2, 0.25) is 0 Å². The molecule has 1 aliphatic rings. The minimum atomic E-state index is -0.905. The second-order valence-electron chi connectivity index (χ2n) is 5.73. The lowest BCUT2D eigenvalue weighted by atomic mass is 9.85. The molecule has 3 N–H and O–H groups in total. The first-order chi connectivity index (χ1) is 10.0. The number of hydrogen-bond donors (Lipinski definition) is 3. The summed E-state index contributed by atoms with van der Waals surface area (Å²) in [6.07, 6.45) is 5.57. The molecule has 1 fully saturated rings. The van der Waals surface area contributed by atoms with Crippen LogP contribution < -0.4 is 10.9 Å². The van der Waals surface area contributed by atoms with Gasteiger partial charge in [-0.1, -0.05) is 13.3 Å². The number of anilines is 1. The Kier molecular flexibility index (Phi) is 5.40. The third kappa shape index (κ3) is 3.46. The molecule has 1 heterocycles. The van der Waals surface area contributed by atoms with Crippen LogP contribution in [0.2, 0.25) is 0 Å². The smallest absolute Gasteiger partial charge is 0.291 e. The van der Waals surface area contributed by atoms with Crippen LogP contribution in [0.15, 0.2) is 15.5 Å². The molecule has 0 aromatic carbocycles. The van der Waals surface area contributed by atoms with E-state index in [-0.39, 0.29) is 18.8 Å². The Morgan fingerprint density at radius 1 is 1.48 bits per heavy atom. The van der Waals surface area contributed by atoms with Crippen molar-refractivity contribution in [2.75, 3.05) is 18.5 Å². The van der Waals surface area contributed by atoms with Crippen LogP contribution >= 0.6 is 15.9 Å². The van der Waals surface area contributed by atoms with Gasteiger partial charge >= 0.3 is 0 Å². The molecule has 0 atom stereocenters. The summed E-state index contributed by atoms with van der Waals surface area (Å²) in [7, 11) is 0. The summed E-state index contributed by atoms with van der Waals surface area (Å²) in [5.74, 6) is 0.524. The molecule has 1 aliphatic carbocycles. The second-order valence-corrected chi connectivity index (χ2v) is 6.58. The SMILES string of the molecule is CCC(CO)(CO)Nc1c(Br)cnn(CC2CCC2)c1=O. The van der Waals surface area contributed by atoms with Gasteiger partial charge in [0.15, 0.2) is 0 Å². The van der Waals surface area contributed by atoms with Gasteiger partial charge in [-0.25, -0.2) is 4.68 Å². The fourth-order valence-electron chi connectivity index (χ4n) is 2.34.